The molecule has 0 fully saturated rings. The zero-order chi connectivity index (χ0) is 67.3. The number of fused-ring (bicyclic) bond motifs is 8. The van der Waals surface area contributed by atoms with E-state index in [9.17, 15) is 86.4 Å². The van der Waals surface area contributed by atoms with Gasteiger partial charge in [-0.1, -0.05) is 0 Å². The van der Waals surface area contributed by atoms with Gasteiger partial charge in [0.15, 0.2) is 0 Å². The van der Waals surface area contributed by atoms with Crippen LogP contribution in [0.5, 0.6) is 0 Å². The molecule has 490 valence electrons. The van der Waals surface area contributed by atoms with Gasteiger partial charge in [-0.2, -0.15) is 86.4 Å². The molecule has 0 saturated heterocycles. The van der Waals surface area contributed by atoms with E-state index in [1.165, 1.54) is 0 Å². The third kappa shape index (κ3) is 15.9. The molecule has 2 aliphatic rings. The molecule has 0 atom stereocenters. The summed E-state index contributed by atoms with van der Waals surface area (Å²) in [6.07, 6.45) is -22.6. The van der Waals surface area contributed by atoms with Crippen LogP contribution in [0.15, 0.2) is 117 Å². The van der Waals surface area contributed by atoms with Gasteiger partial charge in [0.1, 0.15) is 23.3 Å². The number of rotatable bonds is 20. The Balaban J connectivity index is 1.43. The largest absolute Gasteiger partial charge is 0.391 e. The van der Waals surface area contributed by atoms with Gasteiger partial charge in [-0.3, -0.25) is 16.7 Å². The summed E-state index contributed by atoms with van der Waals surface area (Å²) in [5.74, 6) is -5.28. The molecular formula is C56H38F16N4O12S4. The van der Waals surface area contributed by atoms with Crippen LogP contribution in [0, 0.1) is 23.3 Å². The van der Waals surface area contributed by atoms with Crippen molar-refractivity contribution in [2.45, 2.75) is 70.0 Å². The monoisotopic (exact) mass is 1390 g/mol. The average molecular weight is 1390 g/mol. The molecule has 92 heavy (non-hydrogen) atoms. The van der Waals surface area contributed by atoms with Gasteiger partial charge in [0.25, 0.3) is 40.5 Å². The van der Waals surface area contributed by atoms with Gasteiger partial charge in [0, 0.05) is 66.6 Å². The molecule has 0 aliphatic carbocycles. The van der Waals surface area contributed by atoms with E-state index < -0.39 is 249 Å². The highest BCUT2D eigenvalue weighted by Crippen LogP contribution is 2.43. The second-order valence-electron chi connectivity index (χ2n) is 19.6. The number of aromatic nitrogens is 4. The van der Waals surface area contributed by atoms with Gasteiger partial charge in [-0.25, -0.2) is 27.5 Å². The molecule has 16 nitrogen and oxygen atoms in total. The van der Waals surface area contributed by atoms with Crippen molar-refractivity contribution in [2.75, 3.05) is 26.4 Å². The van der Waals surface area contributed by atoms with Gasteiger partial charge >= 0.3 is 24.7 Å². The lowest BCUT2D eigenvalue weighted by Gasteiger charge is -2.12. The first-order chi connectivity index (χ1) is 42.7. The van der Waals surface area contributed by atoms with Gasteiger partial charge in [0.2, 0.25) is 0 Å². The molecule has 4 aromatic carbocycles. The molecule has 9 rings (SSSR count). The highest BCUT2D eigenvalue weighted by atomic mass is 32.2. The van der Waals surface area contributed by atoms with Crippen molar-refractivity contribution in [1.29, 1.82) is 0 Å². The molecule has 2 N–H and O–H groups in total. The number of hydrogen-bond acceptors (Lipinski definition) is 14. The van der Waals surface area contributed by atoms with Crippen LogP contribution in [0.4, 0.5) is 70.2 Å². The minimum absolute atomic E-state index is 0.393. The van der Waals surface area contributed by atoms with E-state index in [1.807, 2.05) is 0 Å². The summed E-state index contributed by atoms with van der Waals surface area (Å²) in [4.78, 5) is 10.9. The summed E-state index contributed by atoms with van der Waals surface area (Å²) < 4.78 is 351. The molecule has 8 bridgehead atoms. The van der Waals surface area contributed by atoms with E-state index in [-0.39, 0.29) is 0 Å². The summed E-state index contributed by atoms with van der Waals surface area (Å²) in [6, 6.07) is 11.3. The van der Waals surface area contributed by atoms with E-state index in [0.717, 1.165) is 48.6 Å². The van der Waals surface area contributed by atoms with Crippen LogP contribution in [0.25, 0.3) is 90.9 Å². The molecule has 0 radical (unpaired) electrons. The number of H-pyrrole nitrogens is 2. The maximum absolute atomic E-state index is 16.7. The first-order valence-electron chi connectivity index (χ1n) is 25.9. The normalized spacial score (nSPS) is 13.6. The number of benzene rings is 4. The fourth-order valence-corrected chi connectivity index (χ4v) is 12.8. The predicted octanol–water partition coefficient (Wildman–Crippen LogP) is 14.5. The number of nitrogens with zero attached hydrogens (tertiary/aromatic N) is 2. The molecule has 0 spiro atoms. The van der Waals surface area contributed by atoms with Gasteiger partial charge < -0.3 is 9.97 Å². The first kappa shape index (κ1) is 68.4. The smallest absolute Gasteiger partial charge is 0.354 e. The van der Waals surface area contributed by atoms with Gasteiger partial charge in [-0.05, 0) is 121 Å². The molecule has 7 aromatic rings. The molecule has 0 saturated carbocycles. The zero-order valence-electron chi connectivity index (χ0n) is 45.7. The van der Waals surface area contributed by atoms with Crippen LogP contribution in [-0.4, -0.2) is 105 Å². The fourth-order valence-electron chi connectivity index (χ4n) is 9.09. The van der Waals surface area contributed by atoms with E-state index in [1.54, 1.807) is 0 Å². The highest BCUT2D eigenvalue weighted by Gasteiger charge is 2.34. The summed E-state index contributed by atoms with van der Waals surface area (Å²) in [6.45, 7) is -5.83. The fraction of sp³-hybridized carbons (Fsp3) is 0.214. The molecule has 0 unspecified atom stereocenters. The van der Waals surface area contributed by atoms with Crippen molar-refractivity contribution in [1.82, 2.24) is 19.9 Å². The first-order valence-corrected chi connectivity index (χ1v) is 31.5. The highest BCUT2D eigenvalue weighted by molar-refractivity contribution is 7.87. The molecule has 3 aromatic heterocycles. The quantitative estimate of drug-likeness (QED) is 0.0534. The third-order valence-corrected chi connectivity index (χ3v) is 18.5. The number of aromatic amines is 2. The number of halogens is 16. The van der Waals surface area contributed by atoms with Crippen LogP contribution in [0.2, 0.25) is 0 Å². The minimum atomic E-state index is -5.22. The van der Waals surface area contributed by atoms with Crippen LogP contribution in [0.1, 0.15) is 48.5 Å². The Morgan fingerprint density at radius 3 is 0.696 bits per heavy atom. The van der Waals surface area contributed by atoms with Crippen LogP contribution < -0.4 is 0 Å². The van der Waals surface area contributed by atoms with E-state index in [0.29, 0.717) is 72.8 Å². The maximum Gasteiger partial charge on any atom is 0.391 e. The number of nitrogens with one attached hydrogen (secondary N) is 2. The number of hydrogen-bond donors (Lipinski definition) is 2. The Labute approximate surface area is 509 Å². The molecule has 5 heterocycles. The van der Waals surface area contributed by atoms with Crippen molar-refractivity contribution in [3.8, 4) is 44.5 Å². The maximum atomic E-state index is 16.7. The lowest BCUT2D eigenvalue weighted by Crippen LogP contribution is -2.15. The molecule has 36 heteroatoms. The minimum Gasteiger partial charge on any atom is -0.354 e. The van der Waals surface area contributed by atoms with Crippen molar-refractivity contribution >= 4 is 86.8 Å². The van der Waals surface area contributed by atoms with Gasteiger partial charge in [0.05, 0.1) is 94.5 Å². The summed E-state index contributed by atoms with van der Waals surface area (Å²) in [7, 11) is -20.9. The number of alkyl halides is 12. The summed E-state index contributed by atoms with van der Waals surface area (Å²) in [5, 5.41) is 0. The van der Waals surface area contributed by atoms with Crippen molar-refractivity contribution in [3.05, 3.63) is 143 Å². The second-order valence-corrected chi connectivity index (χ2v) is 26.1. The Morgan fingerprint density at radius 2 is 0.511 bits per heavy atom. The van der Waals surface area contributed by atoms with Crippen LogP contribution >= 0.6 is 0 Å². The SMILES string of the molecule is O=S(=O)(OCCC(F)(F)F)c1ccc(F)c(-c2c3nc(c(-c4cc(S(=O)(=O)OCCC(F)(F)F)ccc4F)c4ccc([nH]4)c(-c4cc(S(=O)(=O)OCCC(F)(F)F)ccc4F)c4nc(c(-c5cc(S(=O)(=O)OCCC(F)(F)F)ccc5F)c5ccc2[nH]5)C=C4)C=C3)c1. The topological polar surface area (TPSA) is 231 Å². The molecule has 2 aliphatic heterocycles. The second kappa shape index (κ2) is 25.5. The zero-order valence-corrected chi connectivity index (χ0v) is 48.9. The Hall–Kier alpha value is -8.00. The van der Waals surface area contributed by atoms with Crippen molar-refractivity contribution in [3.63, 3.8) is 0 Å². The van der Waals surface area contributed by atoms with E-state index in [4.69, 9.17) is 0 Å². The van der Waals surface area contributed by atoms with Gasteiger partial charge in [-0.15, -0.1) is 0 Å². The average Bonchev–Trinajstić information content (AvgIpc) is 1.54. The Bertz CT molecular complexity index is 4210. The third-order valence-electron chi connectivity index (χ3n) is 13.2. The van der Waals surface area contributed by atoms with Crippen molar-refractivity contribution < 1.29 is 121 Å². The summed E-state index contributed by atoms with van der Waals surface area (Å²) in [5.41, 5.74) is -8.77. The van der Waals surface area contributed by atoms with E-state index in [2.05, 4.69) is 36.7 Å². The van der Waals surface area contributed by atoms with Crippen LogP contribution in [0.3, 0.4) is 0 Å². The Kier molecular flexibility index (Phi) is 18.9. The molecule has 0 amide bonds. The summed E-state index contributed by atoms with van der Waals surface area (Å²) >= 11 is 0. The lowest BCUT2D eigenvalue weighted by atomic mass is 10.0. The van der Waals surface area contributed by atoms with E-state index >= 15 is 17.6 Å². The van der Waals surface area contributed by atoms with Crippen molar-refractivity contribution in [2.24, 2.45) is 0 Å². The lowest BCUT2D eigenvalue weighted by molar-refractivity contribution is -0.140. The molecular weight excluding hydrogens is 1350 g/mol. The predicted molar refractivity (Wildman–Crippen MR) is 296 cm³/mol. The van der Waals surface area contributed by atoms with Crippen LogP contribution in [-0.2, 0) is 57.2 Å². The standard InChI is InChI=1S/C56H38F16N4O12S4/c57-37-5-1-29(89(77,78)85-21-17-53(61,62)63)25-33(37)49-41-9-11-43(73-41)50(34-26-30(2-6-38(34)58)90(79,80)86-22-18-54(64,65)66)45-13-15-47(75-45)52(36-28-32(4-8-40(36)60)92(83,84)88-24-20-56(70,71)72)48-16-14-46(76-48)51(44-12-10-42(49)74-44)35-27-31(3-7-39(35)59)91(81,82)87-23-19-55(67,68)69/h1-16,25-28,73,76H,17-24H2. The Morgan fingerprint density at radius 1 is 0.315 bits per heavy atom.